The van der Waals surface area contributed by atoms with Crippen LogP contribution in [0.15, 0.2) is 23.0 Å². The van der Waals surface area contributed by atoms with Crippen molar-refractivity contribution in [3.63, 3.8) is 0 Å². The number of nitrogens with one attached hydrogen (secondary N) is 2. The van der Waals surface area contributed by atoms with Gasteiger partial charge in [0.1, 0.15) is 0 Å². The lowest BCUT2D eigenvalue weighted by Crippen LogP contribution is -2.26. The Morgan fingerprint density at radius 3 is 2.80 bits per heavy atom. The molecule has 0 atom stereocenters. The summed E-state index contributed by atoms with van der Waals surface area (Å²) in [6.45, 7) is 2.99. The van der Waals surface area contributed by atoms with Gasteiger partial charge in [0.05, 0.1) is 23.6 Å². The van der Waals surface area contributed by atoms with Gasteiger partial charge in [0, 0.05) is 19.5 Å². The average Bonchev–Trinajstić information content (AvgIpc) is 2.61. The second kappa shape index (κ2) is 8.57. The highest BCUT2D eigenvalue weighted by atomic mass is 32.1. The molecular weight excluding hydrogens is 342 g/mol. The maximum Gasteiger partial charge on any atom is 0.337 e. The third-order valence-corrected chi connectivity index (χ3v) is 4.08. The van der Waals surface area contributed by atoms with Crippen LogP contribution < -0.4 is 10.9 Å². The van der Waals surface area contributed by atoms with Crippen molar-refractivity contribution in [2.45, 2.75) is 32.7 Å². The summed E-state index contributed by atoms with van der Waals surface area (Å²) >= 11 is 5.24. The number of nitrogens with zero attached hydrogens (tertiary/aromatic N) is 1. The fourth-order valence-corrected chi connectivity index (χ4v) is 2.74. The first-order chi connectivity index (χ1) is 12.0. The van der Waals surface area contributed by atoms with Gasteiger partial charge in [-0.25, -0.2) is 4.79 Å². The van der Waals surface area contributed by atoms with Crippen LogP contribution in [0.1, 0.15) is 36.5 Å². The second-order valence-electron chi connectivity index (χ2n) is 5.59. The number of rotatable bonds is 7. The molecule has 2 N–H and O–H groups in total. The summed E-state index contributed by atoms with van der Waals surface area (Å²) in [5.41, 5.74) is 0.573. The van der Waals surface area contributed by atoms with E-state index in [0.717, 1.165) is 6.42 Å². The number of ether oxygens (including phenoxy) is 1. The van der Waals surface area contributed by atoms with Crippen LogP contribution in [0.4, 0.5) is 0 Å². The summed E-state index contributed by atoms with van der Waals surface area (Å²) < 4.78 is 6.36. The van der Waals surface area contributed by atoms with Crippen LogP contribution in [0.2, 0.25) is 0 Å². The fraction of sp³-hybridized carbons (Fsp3) is 0.412. The van der Waals surface area contributed by atoms with Crippen LogP contribution in [0.25, 0.3) is 10.9 Å². The standard InChI is InChI=1S/C17H21N3O4S/c1-3-8-18-14(21)5-4-9-20-15(22)12-7-6-11(16(23)24-2)10-13(12)19-17(20)25/h6-7,10H,3-5,8-9H2,1-2H3,(H,18,21)(H,19,25). The van der Waals surface area contributed by atoms with E-state index >= 15 is 0 Å². The van der Waals surface area contributed by atoms with Crippen molar-refractivity contribution in [2.75, 3.05) is 13.7 Å². The van der Waals surface area contributed by atoms with E-state index in [1.807, 2.05) is 6.92 Å². The molecule has 0 radical (unpaired) electrons. The van der Waals surface area contributed by atoms with Crippen molar-refractivity contribution < 1.29 is 14.3 Å². The van der Waals surface area contributed by atoms with Crippen LogP contribution in [0, 0.1) is 4.77 Å². The molecule has 1 aromatic heterocycles. The third kappa shape index (κ3) is 4.54. The van der Waals surface area contributed by atoms with Crippen molar-refractivity contribution in [1.82, 2.24) is 14.9 Å². The molecule has 1 aromatic carbocycles. The predicted molar refractivity (Wildman–Crippen MR) is 97.3 cm³/mol. The Morgan fingerprint density at radius 1 is 1.36 bits per heavy atom. The minimum Gasteiger partial charge on any atom is -0.465 e. The number of hydrogen-bond acceptors (Lipinski definition) is 5. The molecule has 0 aliphatic rings. The Morgan fingerprint density at radius 2 is 2.12 bits per heavy atom. The molecule has 0 unspecified atom stereocenters. The number of amides is 1. The molecule has 7 nitrogen and oxygen atoms in total. The Hall–Kier alpha value is -2.48. The van der Waals surface area contributed by atoms with Gasteiger partial charge < -0.3 is 15.0 Å². The summed E-state index contributed by atoms with van der Waals surface area (Å²) in [4.78, 5) is 38.8. The Bertz CT molecular complexity index is 901. The van der Waals surface area contributed by atoms with Gasteiger partial charge in [0.15, 0.2) is 4.77 Å². The third-order valence-electron chi connectivity index (χ3n) is 3.76. The monoisotopic (exact) mass is 363 g/mol. The molecule has 0 aliphatic carbocycles. The second-order valence-corrected chi connectivity index (χ2v) is 5.98. The van der Waals surface area contributed by atoms with Gasteiger partial charge in [0.25, 0.3) is 5.56 Å². The zero-order valence-electron chi connectivity index (χ0n) is 14.3. The highest BCUT2D eigenvalue weighted by Crippen LogP contribution is 2.12. The molecule has 25 heavy (non-hydrogen) atoms. The van der Waals surface area contributed by atoms with E-state index in [9.17, 15) is 14.4 Å². The van der Waals surface area contributed by atoms with E-state index in [-0.39, 0.29) is 16.2 Å². The quantitative estimate of drug-likeness (QED) is 0.581. The fourth-order valence-electron chi connectivity index (χ4n) is 2.45. The summed E-state index contributed by atoms with van der Waals surface area (Å²) in [5, 5.41) is 3.22. The first kappa shape index (κ1) is 18.9. The number of methoxy groups -OCH3 is 1. The molecule has 8 heteroatoms. The lowest BCUT2D eigenvalue weighted by Gasteiger charge is -2.09. The van der Waals surface area contributed by atoms with Crippen LogP contribution >= 0.6 is 12.2 Å². The Labute approximate surface area is 150 Å². The SMILES string of the molecule is CCCNC(=O)CCCn1c(=S)[nH]c2cc(C(=O)OC)ccc2c1=O. The molecule has 2 aromatic rings. The van der Waals surface area contributed by atoms with Crippen LogP contribution in [0.3, 0.4) is 0 Å². The lowest BCUT2D eigenvalue weighted by molar-refractivity contribution is -0.121. The molecule has 0 saturated heterocycles. The molecule has 0 spiro atoms. The normalized spacial score (nSPS) is 10.6. The summed E-state index contributed by atoms with van der Waals surface area (Å²) in [6, 6.07) is 4.65. The van der Waals surface area contributed by atoms with E-state index in [2.05, 4.69) is 15.0 Å². The number of hydrogen-bond donors (Lipinski definition) is 2. The minimum absolute atomic E-state index is 0.0340. The molecule has 1 heterocycles. The van der Waals surface area contributed by atoms with Gasteiger partial charge in [-0.05, 0) is 43.3 Å². The number of esters is 1. The number of aromatic nitrogens is 2. The molecule has 0 aliphatic heterocycles. The van der Waals surface area contributed by atoms with Crippen LogP contribution in [-0.2, 0) is 16.1 Å². The number of benzene rings is 1. The number of fused-ring (bicyclic) bond motifs is 1. The van der Waals surface area contributed by atoms with Crippen molar-refractivity contribution in [2.24, 2.45) is 0 Å². The van der Waals surface area contributed by atoms with Gasteiger partial charge in [-0.2, -0.15) is 0 Å². The first-order valence-electron chi connectivity index (χ1n) is 8.09. The van der Waals surface area contributed by atoms with Crippen molar-refractivity contribution in [1.29, 1.82) is 0 Å². The Balaban J connectivity index is 2.21. The maximum atomic E-state index is 12.6. The van der Waals surface area contributed by atoms with Crippen molar-refractivity contribution in [3.8, 4) is 0 Å². The predicted octanol–water partition coefficient (Wildman–Crippen LogP) is 2.15. The smallest absolute Gasteiger partial charge is 0.337 e. The zero-order valence-corrected chi connectivity index (χ0v) is 15.1. The average molecular weight is 363 g/mol. The molecule has 0 bridgehead atoms. The van der Waals surface area contributed by atoms with Gasteiger partial charge >= 0.3 is 5.97 Å². The highest BCUT2D eigenvalue weighted by molar-refractivity contribution is 7.71. The van der Waals surface area contributed by atoms with Gasteiger partial charge in [-0.15, -0.1) is 0 Å². The molecule has 2 rings (SSSR count). The largest absolute Gasteiger partial charge is 0.465 e. The number of H-pyrrole nitrogens is 1. The summed E-state index contributed by atoms with van der Waals surface area (Å²) in [7, 11) is 1.30. The molecule has 0 fully saturated rings. The van der Waals surface area contributed by atoms with Crippen molar-refractivity contribution >= 4 is 35.0 Å². The topological polar surface area (TPSA) is 93.2 Å². The van der Waals surface area contributed by atoms with E-state index in [1.54, 1.807) is 12.1 Å². The van der Waals surface area contributed by atoms with E-state index in [4.69, 9.17) is 12.2 Å². The van der Waals surface area contributed by atoms with E-state index in [1.165, 1.54) is 17.7 Å². The van der Waals surface area contributed by atoms with E-state index in [0.29, 0.717) is 42.4 Å². The molecular formula is C17H21N3O4S. The number of carbonyl (C=O) groups is 2. The molecule has 1 amide bonds. The lowest BCUT2D eigenvalue weighted by atomic mass is 10.1. The van der Waals surface area contributed by atoms with Gasteiger partial charge in [-0.3, -0.25) is 14.2 Å². The minimum atomic E-state index is -0.483. The zero-order chi connectivity index (χ0) is 18.4. The van der Waals surface area contributed by atoms with Crippen LogP contribution in [0.5, 0.6) is 0 Å². The Kier molecular flexibility index (Phi) is 6.46. The number of aromatic amines is 1. The van der Waals surface area contributed by atoms with Crippen LogP contribution in [-0.4, -0.2) is 35.1 Å². The van der Waals surface area contributed by atoms with Gasteiger partial charge in [-0.1, -0.05) is 6.92 Å². The van der Waals surface area contributed by atoms with Gasteiger partial charge in [0.2, 0.25) is 5.91 Å². The van der Waals surface area contributed by atoms with Crippen molar-refractivity contribution in [3.05, 3.63) is 38.9 Å². The molecule has 134 valence electrons. The molecule has 0 saturated carbocycles. The van der Waals surface area contributed by atoms with E-state index < -0.39 is 5.97 Å². The maximum absolute atomic E-state index is 12.6. The first-order valence-corrected chi connectivity index (χ1v) is 8.50. The summed E-state index contributed by atoms with van der Waals surface area (Å²) in [5.74, 6) is -0.517. The number of carbonyl (C=O) groups excluding carboxylic acids is 2. The highest BCUT2D eigenvalue weighted by Gasteiger charge is 2.11. The summed E-state index contributed by atoms with van der Waals surface area (Å²) in [6.07, 6.45) is 1.73.